The second-order valence-electron chi connectivity index (χ2n) is 6.05. The van der Waals surface area contributed by atoms with Crippen LogP contribution in [-0.2, 0) is 9.31 Å². The first-order chi connectivity index (χ1) is 7.63. The van der Waals surface area contributed by atoms with Gasteiger partial charge in [0.2, 0.25) is 0 Å². The zero-order chi connectivity index (χ0) is 12.9. The summed E-state index contributed by atoms with van der Waals surface area (Å²) < 4.78 is 11.8. The normalized spacial score (nSPS) is 30.2. The third-order valence-corrected chi connectivity index (χ3v) is 4.06. The van der Waals surface area contributed by atoms with Gasteiger partial charge in [-0.25, -0.2) is 0 Å². The summed E-state index contributed by atoms with van der Waals surface area (Å²) in [4.78, 5) is 0. The van der Waals surface area contributed by atoms with E-state index in [2.05, 4.69) is 0 Å². The quantitative estimate of drug-likeness (QED) is 0.537. The van der Waals surface area contributed by atoms with E-state index in [4.69, 9.17) is 9.31 Å². The number of hydrogen-bond donors (Lipinski definition) is 2. The second kappa shape index (κ2) is 3.82. The van der Waals surface area contributed by atoms with Gasteiger partial charge in [0.1, 0.15) is 0 Å². The van der Waals surface area contributed by atoms with Crippen molar-refractivity contribution in [3.63, 3.8) is 0 Å². The van der Waals surface area contributed by atoms with E-state index in [0.29, 0.717) is 12.8 Å². The second-order valence-corrected chi connectivity index (χ2v) is 6.05. The van der Waals surface area contributed by atoms with E-state index in [1.54, 1.807) is 0 Å². The van der Waals surface area contributed by atoms with Gasteiger partial charge in [-0.2, -0.15) is 0 Å². The van der Waals surface area contributed by atoms with E-state index < -0.39 is 5.79 Å². The van der Waals surface area contributed by atoms with Crippen molar-refractivity contribution in [1.29, 1.82) is 0 Å². The molecule has 0 aromatic heterocycles. The van der Waals surface area contributed by atoms with Gasteiger partial charge in [-0.1, -0.05) is 6.08 Å². The third-order valence-electron chi connectivity index (χ3n) is 4.06. The molecule has 0 saturated carbocycles. The Balaban J connectivity index is 2.10. The average Bonchev–Trinajstić information content (AvgIpc) is 2.35. The fourth-order valence-corrected chi connectivity index (χ4v) is 2.05. The summed E-state index contributed by atoms with van der Waals surface area (Å²) in [7, 11) is -0.351. The lowest BCUT2D eigenvalue weighted by Gasteiger charge is -2.32. The Morgan fingerprint density at radius 1 is 1.12 bits per heavy atom. The van der Waals surface area contributed by atoms with Crippen LogP contribution in [-0.4, -0.2) is 34.3 Å². The van der Waals surface area contributed by atoms with Gasteiger partial charge in [0.05, 0.1) is 11.2 Å². The largest absolute Gasteiger partial charge is 0.490 e. The molecule has 2 rings (SSSR count). The number of rotatable bonds is 1. The summed E-state index contributed by atoms with van der Waals surface area (Å²) in [5.74, 6) is -1.56. The van der Waals surface area contributed by atoms with Gasteiger partial charge < -0.3 is 19.5 Å². The summed E-state index contributed by atoms with van der Waals surface area (Å²) in [5.41, 5.74) is 0.333. The lowest BCUT2D eigenvalue weighted by molar-refractivity contribution is -0.164. The van der Waals surface area contributed by atoms with E-state index >= 15 is 0 Å². The monoisotopic (exact) mass is 240 g/mol. The maximum Gasteiger partial charge on any atom is 0.490 e. The van der Waals surface area contributed by atoms with E-state index in [1.807, 2.05) is 33.8 Å². The highest BCUT2D eigenvalue weighted by atomic mass is 16.7. The van der Waals surface area contributed by atoms with Crippen LogP contribution in [0.25, 0.3) is 0 Å². The van der Waals surface area contributed by atoms with Gasteiger partial charge in [0.25, 0.3) is 0 Å². The fraction of sp³-hybridized carbons (Fsp3) is 0.833. The molecule has 1 heterocycles. The molecule has 0 aromatic carbocycles. The smallest absolute Gasteiger partial charge is 0.400 e. The molecule has 0 radical (unpaired) electrons. The Bertz CT molecular complexity index is 330. The topological polar surface area (TPSA) is 58.9 Å². The van der Waals surface area contributed by atoms with Crippen molar-refractivity contribution in [3.8, 4) is 0 Å². The minimum absolute atomic E-state index is 0.242. The molecule has 17 heavy (non-hydrogen) atoms. The first kappa shape index (κ1) is 13.1. The first-order valence-corrected chi connectivity index (χ1v) is 6.12. The fourth-order valence-electron chi connectivity index (χ4n) is 2.05. The molecule has 2 N–H and O–H groups in total. The van der Waals surface area contributed by atoms with Crippen molar-refractivity contribution in [2.45, 2.75) is 63.9 Å². The average molecular weight is 240 g/mol. The molecular weight excluding hydrogens is 219 g/mol. The number of hydrogen-bond acceptors (Lipinski definition) is 4. The van der Waals surface area contributed by atoms with Crippen LogP contribution in [0.1, 0.15) is 47.0 Å². The highest BCUT2D eigenvalue weighted by Crippen LogP contribution is 2.40. The van der Waals surface area contributed by atoms with Crippen LogP contribution in [0.5, 0.6) is 0 Å². The Hall–Kier alpha value is -0.355. The van der Waals surface area contributed by atoms with Crippen molar-refractivity contribution in [3.05, 3.63) is 11.5 Å². The molecule has 2 aliphatic rings. The molecule has 1 aliphatic carbocycles. The third kappa shape index (κ3) is 2.43. The molecule has 0 aromatic rings. The summed E-state index contributed by atoms with van der Waals surface area (Å²) in [6.07, 6.45) is 3.00. The highest BCUT2D eigenvalue weighted by molar-refractivity contribution is 6.54. The molecule has 1 aliphatic heterocycles. The van der Waals surface area contributed by atoms with Gasteiger partial charge in [-0.15, -0.1) is 0 Å². The van der Waals surface area contributed by atoms with Crippen LogP contribution in [0, 0.1) is 0 Å². The zero-order valence-corrected chi connectivity index (χ0v) is 11.0. The predicted octanol–water partition coefficient (Wildman–Crippen LogP) is 1.41. The molecule has 5 heteroatoms. The van der Waals surface area contributed by atoms with Crippen LogP contribution >= 0.6 is 0 Å². The number of aliphatic hydroxyl groups is 2. The molecule has 1 saturated heterocycles. The molecule has 1 fully saturated rings. The molecule has 0 unspecified atom stereocenters. The standard InChI is InChI=1S/C12H21BO4/c1-10(2)11(3,4)17-13(16-10)9-5-7-12(14,15)8-6-9/h5,14-15H,6-8H2,1-4H3. The first-order valence-electron chi connectivity index (χ1n) is 6.12. The van der Waals surface area contributed by atoms with Gasteiger partial charge in [0.15, 0.2) is 5.79 Å². The lowest BCUT2D eigenvalue weighted by Crippen LogP contribution is -2.41. The zero-order valence-electron chi connectivity index (χ0n) is 11.0. The van der Waals surface area contributed by atoms with Crippen molar-refractivity contribution >= 4 is 7.12 Å². The molecule has 96 valence electrons. The Labute approximate surface area is 103 Å². The van der Waals surface area contributed by atoms with E-state index in [0.717, 1.165) is 5.47 Å². The van der Waals surface area contributed by atoms with Crippen LogP contribution < -0.4 is 0 Å². The Morgan fingerprint density at radius 3 is 2.06 bits per heavy atom. The van der Waals surface area contributed by atoms with Crippen molar-refractivity contribution < 1.29 is 19.5 Å². The van der Waals surface area contributed by atoms with Crippen LogP contribution in [0.2, 0.25) is 0 Å². The Kier molecular flexibility index (Phi) is 2.94. The highest BCUT2D eigenvalue weighted by Gasteiger charge is 2.52. The number of allylic oxidation sites excluding steroid dienone is 1. The van der Waals surface area contributed by atoms with Crippen molar-refractivity contribution in [2.75, 3.05) is 0 Å². The van der Waals surface area contributed by atoms with Crippen LogP contribution in [0.4, 0.5) is 0 Å². The van der Waals surface area contributed by atoms with E-state index in [9.17, 15) is 10.2 Å². The minimum atomic E-state index is -1.56. The molecule has 0 amide bonds. The summed E-state index contributed by atoms with van der Waals surface area (Å²) >= 11 is 0. The van der Waals surface area contributed by atoms with E-state index in [1.165, 1.54) is 0 Å². The lowest BCUT2D eigenvalue weighted by atomic mass is 9.71. The van der Waals surface area contributed by atoms with Gasteiger partial charge >= 0.3 is 7.12 Å². The van der Waals surface area contributed by atoms with Crippen LogP contribution in [0.15, 0.2) is 11.5 Å². The maximum atomic E-state index is 9.47. The van der Waals surface area contributed by atoms with Crippen LogP contribution in [0.3, 0.4) is 0 Å². The molecule has 0 atom stereocenters. The SMILES string of the molecule is CC1(C)OB(C2=CCC(O)(O)CC2)OC1(C)C. The van der Waals surface area contributed by atoms with E-state index in [-0.39, 0.29) is 24.7 Å². The van der Waals surface area contributed by atoms with Gasteiger partial charge in [-0.3, -0.25) is 0 Å². The summed E-state index contributed by atoms with van der Waals surface area (Å²) in [6, 6.07) is 0. The maximum absolute atomic E-state index is 9.47. The Morgan fingerprint density at radius 2 is 1.65 bits per heavy atom. The molecular formula is C12H21BO4. The van der Waals surface area contributed by atoms with Gasteiger partial charge in [-0.05, 0) is 39.6 Å². The minimum Gasteiger partial charge on any atom is -0.400 e. The van der Waals surface area contributed by atoms with Crippen molar-refractivity contribution in [2.24, 2.45) is 0 Å². The molecule has 0 spiro atoms. The summed E-state index contributed by atoms with van der Waals surface area (Å²) in [5, 5.41) is 18.9. The summed E-state index contributed by atoms with van der Waals surface area (Å²) in [6.45, 7) is 8.05. The predicted molar refractivity (Wildman–Crippen MR) is 65.2 cm³/mol. The van der Waals surface area contributed by atoms with Gasteiger partial charge in [0, 0.05) is 12.8 Å². The molecule has 4 nitrogen and oxygen atoms in total. The molecule has 0 bridgehead atoms. The van der Waals surface area contributed by atoms with Crippen molar-refractivity contribution in [1.82, 2.24) is 0 Å².